The van der Waals surface area contributed by atoms with Gasteiger partial charge in [0.1, 0.15) is 7.85 Å². The zero-order chi connectivity index (χ0) is 10.1. The maximum atomic E-state index is 10.7. The van der Waals surface area contributed by atoms with Crippen LogP contribution in [0.25, 0.3) is 0 Å². The first-order valence-corrected chi connectivity index (χ1v) is 4.66. The lowest BCUT2D eigenvalue weighted by atomic mass is 9.88. The Morgan fingerprint density at radius 2 is 2.21 bits per heavy atom. The molecule has 0 radical (unpaired) electrons. The van der Waals surface area contributed by atoms with Gasteiger partial charge in [0.05, 0.1) is 4.92 Å². The molecule has 1 N–H and O–H groups in total. The van der Waals surface area contributed by atoms with E-state index in [0.717, 1.165) is 30.5 Å². The third-order valence-electron chi connectivity index (χ3n) is 2.60. The van der Waals surface area contributed by atoms with Gasteiger partial charge in [0, 0.05) is 12.6 Å². The molecule has 0 aliphatic carbocycles. The lowest BCUT2D eigenvalue weighted by molar-refractivity contribution is -0.383. The Labute approximate surface area is 82.9 Å². The number of nitro benzene ring substituents is 1. The minimum Gasteiger partial charge on any atom is -0.312 e. The van der Waals surface area contributed by atoms with Gasteiger partial charge in [-0.3, -0.25) is 10.1 Å². The smallest absolute Gasteiger partial charge is 0.263 e. The van der Waals surface area contributed by atoms with E-state index in [9.17, 15) is 10.1 Å². The molecule has 0 amide bonds. The summed E-state index contributed by atoms with van der Waals surface area (Å²) in [6.45, 7) is 1.74. The summed E-state index contributed by atoms with van der Waals surface area (Å²) < 4.78 is 0. The Morgan fingerprint density at radius 3 is 2.93 bits per heavy atom. The Kier molecular flexibility index (Phi) is 2.25. The van der Waals surface area contributed by atoms with E-state index in [1.54, 1.807) is 13.9 Å². The summed E-state index contributed by atoms with van der Waals surface area (Å²) in [6.07, 6.45) is 0.885. The summed E-state index contributed by atoms with van der Waals surface area (Å²) in [7, 11) is 1.78. The van der Waals surface area contributed by atoms with Crippen molar-refractivity contribution in [3.8, 4) is 0 Å². The molecule has 1 aliphatic rings. The highest BCUT2D eigenvalue weighted by Gasteiger charge is 2.16. The van der Waals surface area contributed by atoms with Crippen LogP contribution in [0.5, 0.6) is 0 Å². The van der Waals surface area contributed by atoms with Crippen LogP contribution < -0.4 is 10.8 Å². The quantitative estimate of drug-likeness (QED) is 0.369. The SMILES string of the molecule is Bc1cc2c(cc1[N+](=O)[O-])CCNC2. The van der Waals surface area contributed by atoms with Gasteiger partial charge in [0.15, 0.2) is 0 Å². The van der Waals surface area contributed by atoms with Gasteiger partial charge in [0.2, 0.25) is 0 Å². The van der Waals surface area contributed by atoms with Crippen LogP contribution in [0.3, 0.4) is 0 Å². The van der Waals surface area contributed by atoms with Crippen molar-refractivity contribution in [3.63, 3.8) is 0 Å². The van der Waals surface area contributed by atoms with Crippen LogP contribution >= 0.6 is 0 Å². The molecule has 0 bridgehead atoms. The van der Waals surface area contributed by atoms with Gasteiger partial charge in [-0.25, -0.2) is 0 Å². The summed E-state index contributed by atoms with van der Waals surface area (Å²) in [5.74, 6) is 0. The van der Waals surface area contributed by atoms with Gasteiger partial charge in [-0.05, 0) is 29.6 Å². The van der Waals surface area contributed by atoms with E-state index in [2.05, 4.69) is 5.32 Å². The molecule has 1 aromatic rings. The normalized spacial score (nSPS) is 14.9. The number of hydrogen-bond acceptors (Lipinski definition) is 3. The summed E-state index contributed by atoms with van der Waals surface area (Å²) in [4.78, 5) is 10.4. The first kappa shape index (κ1) is 9.21. The number of nitro groups is 1. The average Bonchev–Trinajstić information content (AvgIpc) is 2.16. The average molecular weight is 190 g/mol. The van der Waals surface area contributed by atoms with Gasteiger partial charge in [-0.1, -0.05) is 6.07 Å². The fourth-order valence-corrected chi connectivity index (χ4v) is 1.84. The minimum atomic E-state index is -0.308. The highest BCUT2D eigenvalue weighted by Crippen LogP contribution is 2.18. The van der Waals surface area contributed by atoms with Crippen LogP contribution in [0.4, 0.5) is 5.69 Å². The molecule has 1 aromatic carbocycles. The van der Waals surface area contributed by atoms with Crippen molar-refractivity contribution in [2.75, 3.05) is 6.54 Å². The molecule has 14 heavy (non-hydrogen) atoms. The predicted molar refractivity (Wildman–Crippen MR) is 56.7 cm³/mol. The van der Waals surface area contributed by atoms with E-state index in [-0.39, 0.29) is 10.6 Å². The molecule has 2 rings (SSSR count). The second-order valence-corrected chi connectivity index (χ2v) is 3.59. The van der Waals surface area contributed by atoms with E-state index < -0.39 is 0 Å². The molecule has 0 saturated carbocycles. The van der Waals surface area contributed by atoms with Gasteiger partial charge in [-0.15, -0.1) is 0 Å². The largest absolute Gasteiger partial charge is 0.312 e. The molecule has 72 valence electrons. The molecule has 1 heterocycles. The Hall–Kier alpha value is -1.36. The summed E-state index contributed by atoms with van der Waals surface area (Å²) in [5, 5.41) is 13.9. The first-order chi connectivity index (χ1) is 6.68. The van der Waals surface area contributed by atoms with Crippen molar-refractivity contribution in [3.05, 3.63) is 33.4 Å². The van der Waals surface area contributed by atoms with Crippen LogP contribution in [0.15, 0.2) is 12.1 Å². The molecule has 5 heteroatoms. The van der Waals surface area contributed by atoms with E-state index in [0.29, 0.717) is 0 Å². The number of rotatable bonds is 1. The monoisotopic (exact) mass is 190 g/mol. The van der Waals surface area contributed by atoms with Crippen molar-refractivity contribution < 1.29 is 4.92 Å². The molecule has 0 unspecified atom stereocenters. The highest BCUT2D eigenvalue weighted by molar-refractivity contribution is 6.35. The summed E-state index contributed by atoms with van der Waals surface area (Å²) in [5.41, 5.74) is 3.29. The van der Waals surface area contributed by atoms with Gasteiger partial charge in [0.25, 0.3) is 5.69 Å². The minimum absolute atomic E-state index is 0.241. The zero-order valence-corrected chi connectivity index (χ0v) is 8.04. The molecular formula is C9H11BN2O2. The van der Waals surface area contributed by atoms with E-state index in [1.165, 1.54) is 5.56 Å². The van der Waals surface area contributed by atoms with Crippen molar-refractivity contribution >= 4 is 19.0 Å². The van der Waals surface area contributed by atoms with E-state index in [4.69, 9.17) is 0 Å². The number of fused-ring (bicyclic) bond motifs is 1. The second kappa shape index (κ2) is 3.42. The van der Waals surface area contributed by atoms with Crippen molar-refractivity contribution in [2.45, 2.75) is 13.0 Å². The molecule has 0 aromatic heterocycles. The Morgan fingerprint density at radius 1 is 1.43 bits per heavy atom. The molecule has 1 aliphatic heterocycles. The van der Waals surface area contributed by atoms with Gasteiger partial charge in [-0.2, -0.15) is 0 Å². The molecule has 0 saturated heterocycles. The maximum absolute atomic E-state index is 10.7. The summed E-state index contributed by atoms with van der Waals surface area (Å²) in [6, 6.07) is 3.63. The predicted octanol–water partition coefficient (Wildman–Crippen LogP) is -0.501. The third kappa shape index (κ3) is 1.51. The Bertz CT molecular complexity index is 393. The fourth-order valence-electron chi connectivity index (χ4n) is 1.84. The first-order valence-electron chi connectivity index (χ1n) is 4.66. The highest BCUT2D eigenvalue weighted by atomic mass is 16.6. The molecule has 4 nitrogen and oxygen atoms in total. The lowest BCUT2D eigenvalue weighted by Gasteiger charge is -2.17. The van der Waals surface area contributed by atoms with Crippen molar-refractivity contribution in [1.29, 1.82) is 0 Å². The number of nitrogens with one attached hydrogen (secondary N) is 1. The van der Waals surface area contributed by atoms with Gasteiger partial charge < -0.3 is 5.32 Å². The van der Waals surface area contributed by atoms with E-state index in [1.807, 2.05) is 6.07 Å². The number of benzene rings is 1. The summed E-state index contributed by atoms with van der Waals surface area (Å²) >= 11 is 0. The molecule has 0 spiro atoms. The lowest BCUT2D eigenvalue weighted by Crippen LogP contribution is -2.25. The second-order valence-electron chi connectivity index (χ2n) is 3.59. The van der Waals surface area contributed by atoms with E-state index >= 15 is 0 Å². The molecule has 0 atom stereocenters. The van der Waals surface area contributed by atoms with Crippen molar-refractivity contribution in [2.24, 2.45) is 0 Å². The van der Waals surface area contributed by atoms with Crippen LogP contribution in [-0.2, 0) is 13.0 Å². The molecular weight excluding hydrogens is 179 g/mol. The Balaban J connectivity index is 2.50. The maximum Gasteiger partial charge on any atom is 0.263 e. The van der Waals surface area contributed by atoms with Crippen LogP contribution in [0.1, 0.15) is 11.1 Å². The van der Waals surface area contributed by atoms with Gasteiger partial charge >= 0.3 is 0 Å². The van der Waals surface area contributed by atoms with Crippen LogP contribution in [0.2, 0.25) is 0 Å². The standard InChI is InChI=1S/C9H11BN2O2/c10-8-3-7-5-11-2-1-6(7)4-9(8)12(13)14/h3-4,11H,1-2,5,10H2. The van der Waals surface area contributed by atoms with Crippen molar-refractivity contribution in [1.82, 2.24) is 5.32 Å². The number of nitrogens with zero attached hydrogens (tertiary/aromatic N) is 1. The fraction of sp³-hybridized carbons (Fsp3) is 0.333. The topological polar surface area (TPSA) is 55.2 Å². The van der Waals surface area contributed by atoms with Crippen LogP contribution in [0, 0.1) is 10.1 Å². The zero-order valence-electron chi connectivity index (χ0n) is 8.04. The third-order valence-corrected chi connectivity index (χ3v) is 2.60. The number of hydrogen-bond donors (Lipinski definition) is 1. The molecule has 0 fully saturated rings. The van der Waals surface area contributed by atoms with Crippen LogP contribution in [-0.4, -0.2) is 19.3 Å².